The lowest BCUT2D eigenvalue weighted by Crippen LogP contribution is -2.02. The van der Waals surface area contributed by atoms with Gasteiger partial charge in [0, 0.05) is 16.0 Å². The van der Waals surface area contributed by atoms with E-state index in [9.17, 15) is 0 Å². The van der Waals surface area contributed by atoms with Gasteiger partial charge in [0.2, 0.25) is 0 Å². The van der Waals surface area contributed by atoms with Gasteiger partial charge >= 0.3 is 0 Å². The Labute approximate surface area is 129 Å². The number of hydrogen-bond acceptors (Lipinski definition) is 3. The third-order valence-corrected chi connectivity index (χ3v) is 4.58. The molecule has 2 aromatic carbocycles. The van der Waals surface area contributed by atoms with Crippen LogP contribution >= 0.6 is 11.3 Å². The summed E-state index contributed by atoms with van der Waals surface area (Å²) in [5.74, 6) is 0. The zero-order chi connectivity index (χ0) is 14.7. The largest absolute Gasteiger partial charge is 0.330 e. The monoisotopic (exact) mass is 294 g/mol. The molecule has 2 N–H and O–H groups in total. The van der Waals surface area contributed by atoms with E-state index in [-0.39, 0.29) is 0 Å². The van der Waals surface area contributed by atoms with Crippen molar-refractivity contribution in [1.82, 2.24) is 4.98 Å². The molecule has 0 saturated heterocycles. The number of nitrogens with zero attached hydrogens (tertiary/aromatic N) is 1. The lowest BCUT2D eigenvalue weighted by molar-refractivity contribution is 0.986. The minimum Gasteiger partial charge on any atom is -0.330 e. The van der Waals surface area contributed by atoms with Gasteiger partial charge in [0.05, 0.1) is 5.69 Å². The number of aryl methyl sites for hydroxylation is 1. The summed E-state index contributed by atoms with van der Waals surface area (Å²) < 4.78 is 0. The molecule has 106 valence electrons. The Morgan fingerprint density at radius 2 is 1.67 bits per heavy atom. The van der Waals surface area contributed by atoms with E-state index in [0.29, 0.717) is 6.54 Å². The molecule has 0 amide bonds. The molecule has 21 heavy (non-hydrogen) atoms. The minimum absolute atomic E-state index is 0.648. The van der Waals surface area contributed by atoms with Crippen LogP contribution in [0.25, 0.3) is 21.8 Å². The number of hydrogen-bond donors (Lipinski definition) is 1. The third kappa shape index (κ3) is 3.04. The van der Waals surface area contributed by atoms with Crippen molar-refractivity contribution in [2.75, 3.05) is 6.54 Å². The van der Waals surface area contributed by atoms with E-state index < -0.39 is 0 Å². The van der Waals surface area contributed by atoms with Crippen molar-refractivity contribution in [3.8, 4) is 21.8 Å². The summed E-state index contributed by atoms with van der Waals surface area (Å²) in [5.41, 5.74) is 10.4. The zero-order valence-corrected chi connectivity index (χ0v) is 12.9. The lowest BCUT2D eigenvalue weighted by Gasteiger charge is -2.00. The summed E-state index contributed by atoms with van der Waals surface area (Å²) in [4.78, 5) is 6.13. The molecule has 0 bridgehead atoms. The summed E-state index contributed by atoms with van der Waals surface area (Å²) in [5, 5.41) is 1.07. The molecule has 1 heterocycles. The maximum atomic E-state index is 5.75. The van der Waals surface area contributed by atoms with Crippen LogP contribution < -0.4 is 5.73 Å². The zero-order valence-electron chi connectivity index (χ0n) is 12.0. The van der Waals surface area contributed by atoms with Crippen LogP contribution in [-0.2, 0) is 6.42 Å². The number of benzene rings is 2. The molecule has 0 fully saturated rings. The minimum atomic E-state index is 0.648. The van der Waals surface area contributed by atoms with Gasteiger partial charge in [0.25, 0.3) is 0 Å². The molecule has 2 nitrogen and oxygen atoms in total. The number of nitrogens with two attached hydrogens (primary N) is 1. The second kappa shape index (κ2) is 6.20. The van der Waals surface area contributed by atoms with Crippen LogP contribution in [-0.4, -0.2) is 11.5 Å². The van der Waals surface area contributed by atoms with Gasteiger partial charge in [-0.25, -0.2) is 4.98 Å². The maximum Gasteiger partial charge on any atom is 0.124 e. The molecule has 0 spiro atoms. The standard InChI is InChI=1S/C18H18N2S/c1-13-7-9-15(10-8-13)18-20-17(16(21-18)11-12-19)14-5-3-2-4-6-14/h2-10H,11-12,19H2,1H3. The molecular weight excluding hydrogens is 276 g/mol. The van der Waals surface area contributed by atoms with E-state index in [4.69, 9.17) is 10.7 Å². The second-order valence-corrected chi connectivity index (χ2v) is 6.15. The van der Waals surface area contributed by atoms with Gasteiger partial charge in [0.1, 0.15) is 5.01 Å². The van der Waals surface area contributed by atoms with E-state index in [2.05, 4.69) is 43.3 Å². The summed E-state index contributed by atoms with van der Waals surface area (Å²) >= 11 is 1.75. The van der Waals surface area contributed by atoms with Gasteiger partial charge in [-0.2, -0.15) is 0 Å². The van der Waals surface area contributed by atoms with Crippen LogP contribution in [0.15, 0.2) is 54.6 Å². The Morgan fingerprint density at radius 3 is 2.33 bits per heavy atom. The molecule has 0 aliphatic carbocycles. The smallest absolute Gasteiger partial charge is 0.124 e. The Bertz CT molecular complexity index is 715. The highest BCUT2D eigenvalue weighted by atomic mass is 32.1. The Kier molecular flexibility index (Phi) is 4.13. The van der Waals surface area contributed by atoms with Crippen LogP contribution in [0, 0.1) is 6.92 Å². The van der Waals surface area contributed by atoms with Gasteiger partial charge in [-0.15, -0.1) is 11.3 Å². The molecule has 0 radical (unpaired) electrons. The third-order valence-electron chi connectivity index (χ3n) is 3.41. The van der Waals surface area contributed by atoms with Gasteiger partial charge < -0.3 is 5.73 Å². The molecule has 0 aliphatic heterocycles. The van der Waals surface area contributed by atoms with Crippen molar-refractivity contribution in [2.45, 2.75) is 13.3 Å². The highest BCUT2D eigenvalue weighted by Gasteiger charge is 2.13. The van der Waals surface area contributed by atoms with Crippen LogP contribution in [0.1, 0.15) is 10.4 Å². The predicted octanol–water partition coefficient (Wildman–Crippen LogP) is 4.29. The molecule has 1 aromatic heterocycles. The van der Waals surface area contributed by atoms with Gasteiger partial charge in [0.15, 0.2) is 0 Å². The summed E-state index contributed by atoms with van der Waals surface area (Å²) in [7, 11) is 0. The van der Waals surface area contributed by atoms with E-state index in [1.54, 1.807) is 11.3 Å². The Hall–Kier alpha value is -1.97. The molecule has 3 aromatic rings. The quantitative estimate of drug-likeness (QED) is 0.779. The van der Waals surface area contributed by atoms with E-state index in [0.717, 1.165) is 22.7 Å². The average Bonchev–Trinajstić information content (AvgIpc) is 2.93. The van der Waals surface area contributed by atoms with Crippen LogP contribution in [0.5, 0.6) is 0 Å². The average molecular weight is 294 g/mol. The Morgan fingerprint density at radius 1 is 0.952 bits per heavy atom. The van der Waals surface area contributed by atoms with Crippen LogP contribution in [0.3, 0.4) is 0 Å². The molecule has 0 unspecified atom stereocenters. The molecule has 3 rings (SSSR count). The molecule has 0 aliphatic rings. The van der Waals surface area contributed by atoms with Gasteiger partial charge in [-0.1, -0.05) is 60.2 Å². The summed E-state index contributed by atoms with van der Waals surface area (Å²) in [6.45, 7) is 2.75. The molecule has 0 atom stereocenters. The first-order valence-electron chi connectivity index (χ1n) is 7.10. The molecule has 0 saturated carbocycles. The second-order valence-electron chi connectivity index (χ2n) is 5.06. The van der Waals surface area contributed by atoms with Crippen molar-refractivity contribution in [1.29, 1.82) is 0 Å². The number of aromatic nitrogens is 1. The first kappa shape index (κ1) is 14.0. The first-order chi connectivity index (χ1) is 10.3. The first-order valence-corrected chi connectivity index (χ1v) is 7.92. The van der Waals surface area contributed by atoms with Gasteiger partial charge in [-0.05, 0) is 19.9 Å². The van der Waals surface area contributed by atoms with Crippen molar-refractivity contribution in [3.63, 3.8) is 0 Å². The van der Waals surface area contributed by atoms with Crippen molar-refractivity contribution < 1.29 is 0 Å². The van der Waals surface area contributed by atoms with Crippen LogP contribution in [0.2, 0.25) is 0 Å². The van der Waals surface area contributed by atoms with E-state index >= 15 is 0 Å². The maximum absolute atomic E-state index is 5.75. The van der Waals surface area contributed by atoms with E-state index in [1.165, 1.54) is 16.0 Å². The predicted molar refractivity (Wildman–Crippen MR) is 90.5 cm³/mol. The topological polar surface area (TPSA) is 38.9 Å². The normalized spacial score (nSPS) is 10.8. The van der Waals surface area contributed by atoms with E-state index in [1.807, 2.05) is 18.2 Å². The molecule has 3 heteroatoms. The summed E-state index contributed by atoms with van der Waals surface area (Å²) in [6.07, 6.45) is 0.869. The fourth-order valence-electron chi connectivity index (χ4n) is 2.29. The Balaban J connectivity index is 2.06. The van der Waals surface area contributed by atoms with Crippen molar-refractivity contribution in [3.05, 3.63) is 65.0 Å². The number of rotatable bonds is 4. The summed E-state index contributed by atoms with van der Waals surface area (Å²) in [6, 6.07) is 18.9. The van der Waals surface area contributed by atoms with Crippen molar-refractivity contribution >= 4 is 11.3 Å². The fourth-order valence-corrected chi connectivity index (χ4v) is 3.40. The lowest BCUT2D eigenvalue weighted by atomic mass is 10.1. The van der Waals surface area contributed by atoms with Crippen LogP contribution in [0.4, 0.5) is 0 Å². The van der Waals surface area contributed by atoms with Crippen molar-refractivity contribution in [2.24, 2.45) is 5.73 Å². The molecular formula is C18H18N2S. The highest BCUT2D eigenvalue weighted by molar-refractivity contribution is 7.15. The van der Waals surface area contributed by atoms with Gasteiger partial charge in [-0.3, -0.25) is 0 Å². The number of thiazole rings is 1. The SMILES string of the molecule is Cc1ccc(-c2nc(-c3ccccc3)c(CCN)s2)cc1. The highest BCUT2D eigenvalue weighted by Crippen LogP contribution is 2.34. The fraction of sp³-hybridized carbons (Fsp3) is 0.167.